The summed E-state index contributed by atoms with van der Waals surface area (Å²) in [7, 11) is 0. The number of anilines is 3. The Morgan fingerprint density at radius 3 is 2.59 bits per heavy atom. The van der Waals surface area contributed by atoms with Crippen LogP contribution in [-0.4, -0.2) is 42.1 Å². The number of carbonyl (C=O) groups is 1. The molecule has 7 heteroatoms. The Bertz CT molecular complexity index is 860. The van der Waals surface area contributed by atoms with Crippen LogP contribution >= 0.6 is 0 Å². The molecule has 2 aliphatic rings. The second kappa shape index (κ2) is 8.76. The molecule has 2 saturated heterocycles. The summed E-state index contributed by atoms with van der Waals surface area (Å²) < 4.78 is 14.0. The van der Waals surface area contributed by atoms with E-state index in [1.54, 1.807) is 18.5 Å². The maximum atomic E-state index is 14.0. The standard InChI is InChI=1S/C22H28FN5O/c1-16-5-6-19(18(23)13-16)26-22(29)17-7-11-27(12-8-17)20-14-24-15-25-21(20)28-9-3-2-4-10-28/h5-6,13-15,17H,2-4,7-12H2,1H3,(H,26,29). The molecule has 0 radical (unpaired) electrons. The third-order valence-corrected chi connectivity index (χ3v) is 5.92. The first-order valence-electron chi connectivity index (χ1n) is 10.5. The Morgan fingerprint density at radius 2 is 1.86 bits per heavy atom. The van der Waals surface area contributed by atoms with E-state index >= 15 is 0 Å². The van der Waals surface area contributed by atoms with Crippen LogP contribution in [-0.2, 0) is 4.79 Å². The molecule has 0 spiro atoms. The topological polar surface area (TPSA) is 61.4 Å². The average molecular weight is 397 g/mol. The van der Waals surface area contributed by atoms with Gasteiger partial charge in [-0.05, 0) is 56.7 Å². The van der Waals surface area contributed by atoms with Gasteiger partial charge in [-0.2, -0.15) is 0 Å². The van der Waals surface area contributed by atoms with E-state index in [1.165, 1.54) is 25.3 Å². The molecule has 1 N–H and O–H groups in total. The van der Waals surface area contributed by atoms with Crippen LogP contribution in [0.4, 0.5) is 21.6 Å². The normalized spacial score (nSPS) is 18.0. The predicted molar refractivity (Wildman–Crippen MR) is 113 cm³/mol. The summed E-state index contributed by atoms with van der Waals surface area (Å²) in [5, 5.41) is 2.76. The Balaban J connectivity index is 1.39. The number of nitrogens with zero attached hydrogens (tertiary/aromatic N) is 4. The second-order valence-electron chi connectivity index (χ2n) is 8.01. The number of amides is 1. The van der Waals surface area contributed by atoms with Crippen molar-refractivity contribution in [1.29, 1.82) is 0 Å². The first-order valence-corrected chi connectivity index (χ1v) is 10.5. The molecule has 0 bridgehead atoms. The summed E-state index contributed by atoms with van der Waals surface area (Å²) in [4.78, 5) is 26.1. The van der Waals surface area contributed by atoms with Crippen molar-refractivity contribution in [2.75, 3.05) is 41.3 Å². The number of benzene rings is 1. The molecule has 0 saturated carbocycles. The zero-order valence-electron chi connectivity index (χ0n) is 16.9. The van der Waals surface area contributed by atoms with Crippen LogP contribution in [0, 0.1) is 18.7 Å². The summed E-state index contributed by atoms with van der Waals surface area (Å²) in [6.07, 6.45) is 8.63. The van der Waals surface area contributed by atoms with Gasteiger partial charge in [0.1, 0.15) is 12.1 Å². The van der Waals surface area contributed by atoms with Crippen molar-refractivity contribution in [3.63, 3.8) is 0 Å². The molecule has 154 valence electrons. The molecular formula is C22H28FN5O. The third kappa shape index (κ3) is 4.49. The summed E-state index contributed by atoms with van der Waals surface area (Å²) in [5.74, 6) is 0.399. The molecule has 1 amide bonds. The summed E-state index contributed by atoms with van der Waals surface area (Å²) >= 11 is 0. The molecule has 0 atom stereocenters. The minimum absolute atomic E-state index is 0.104. The third-order valence-electron chi connectivity index (χ3n) is 5.92. The molecule has 6 nitrogen and oxygen atoms in total. The van der Waals surface area contributed by atoms with E-state index < -0.39 is 0 Å². The summed E-state index contributed by atoms with van der Waals surface area (Å²) in [5.41, 5.74) is 2.15. The van der Waals surface area contributed by atoms with Gasteiger partial charge in [0, 0.05) is 32.1 Å². The van der Waals surface area contributed by atoms with E-state index in [4.69, 9.17) is 0 Å². The average Bonchev–Trinajstić information content (AvgIpc) is 2.76. The highest BCUT2D eigenvalue weighted by molar-refractivity contribution is 5.92. The SMILES string of the molecule is Cc1ccc(NC(=O)C2CCN(c3cncnc3N3CCCCC3)CC2)c(F)c1. The summed E-state index contributed by atoms with van der Waals surface area (Å²) in [6, 6.07) is 4.87. The van der Waals surface area contributed by atoms with Crippen LogP contribution in [0.2, 0.25) is 0 Å². The van der Waals surface area contributed by atoms with Gasteiger partial charge in [-0.1, -0.05) is 6.07 Å². The minimum atomic E-state index is -0.386. The second-order valence-corrected chi connectivity index (χ2v) is 8.01. The monoisotopic (exact) mass is 397 g/mol. The lowest BCUT2D eigenvalue weighted by atomic mass is 9.95. The van der Waals surface area contributed by atoms with Crippen molar-refractivity contribution < 1.29 is 9.18 Å². The van der Waals surface area contributed by atoms with Gasteiger partial charge in [0.15, 0.2) is 5.82 Å². The molecule has 2 aliphatic heterocycles. The van der Waals surface area contributed by atoms with E-state index in [0.717, 1.165) is 56.1 Å². The Kier molecular flexibility index (Phi) is 5.92. The molecule has 2 fully saturated rings. The minimum Gasteiger partial charge on any atom is -0.367 e. The molecule has 1 aromatic carbocycles. The number of carbonyl (C=O) groups excluding carboxylic acids is 1. The lowest BCUT2D eigenvalue weighted by Gasteiger charge is -2.36. The van der Waals surface area contributed by atoms with Gasteiger partial charge in [0.25, 0.3) is 0 Å². The van der Waals surface area contributed by atoms with Crippen molar-refractivity contribution in [3.8, 4) is 0 Å². The number of hydrogen-bond acceptors (Lipinski definition) is 5. The van der Waals surface area contributed by atoms with Crippen molar-refractivity contribution >= 4 is 23.1 Å². The fourth-order valence-corrected chi connectivity index (χ4v) is 4.23. The fraction of sp³-hybridized carbons (Fsp3) is 0.500. The van der Waals surface area contributed by atoms with Crippen LogP contribution in [0.3, 0.4) is 0 Å². The maximum Gasteiger partial charge on any atom is 0.227 e. The molecule has 3 heterocycles. The van der Waals surface area contributed by atoms with Crippen molar-refractivity contribution in [2.45, 2.75) is 39.0 Å². The molecule has 0 aliphatic carbocycles. The number of aryl methyl sites for hydroxylation is 1. The highest BCUT2D eigenvalue weighted by Crippen LogP contribution is 2.32. The van der Waals surface area contributed by atoms with Crippen LogP contribution < -0.4 is 15.1 Å². The zero-order chi connectivity index (χ0) is 20.2. The predicted octanol–water partition coefficient (Wildman–Crippen LogP) is 3.77. The van der Waals surface area contributed by atoms with E-state index in [-0.39, 0.29) is 23.3 Å². The highest BCUT2D eigenvalue weighted by Gasteiger charge is 2.28. The van der Waals surface area contributed by atoms with E-state index in [9.17, 15) is 9.18 Å². The Hall–Kier alpha value is -2.70. The summed E-state index contributed by atoms with van der Waals surface area (Å²) in [6.45, 7) is 5.43. The van der Waals surface area contributed by atoms with Crippen LogP contribution in [0.5, 0.6) is 0 Å². The van der Waals surface area contributed by atoms with E-state index in [1.807, 2.05) is 13.1 Å². The Labute approximate surface area is 171 Å². The van der Waals surface area contributed by atoms with Crippen LogP contribution in [0.15, 0.2) is 30.7 Å². The molecule has 4 rings (SSSR count). The number of rotatable bonds is 4. The van der Waals surface area contributed by atoms with Crippen molar-refractivity contribution in [3.05, 3.63) is 42.1 Å². The molecule has 1 aromatic heterocycles. The number of hydrogen-bond donors (Lipinski definition) is 1. The molecule has 0 unspecified atom stereocenters. The first-order chi connectivity index (χ1) is 14.1. The van der Waals surface area contributed by atoms with Crippen molar-refractivity contribution in [2.24, 2.45) is 5.92 Å². The number of nitrogens with one attached hydrogen (secondary N) is 1. The van der Waals surface area contributed by atoms with Gasteiger partial charge in [0.2, 0.25) is 5.91 Å². The van der Waals surface area contributed by atoms with Gasteiger partial charge in [-0.25, -0.2) is 14.4 Å². The lowest BCUT2D eigenvalue weighted by molar-refractivity contribution is -0.120. The Morgan fingerprint density at radius 1 is 1.10 bits per heavy atom. The molecule has 2 aromatic rings. The van der Waals surface area contributed by atoms with Gasteiger partial charge in [0.05, 0.1) is 17.6 Å². The van der Waals surface area contributed by atoms with Gasteiger partial charge < -0.3 is 15.1 Å². The zero-order valence-corrected chi connectivity index (χ0v) is 16.9. The number of piperidine rings is 2. The first kappa shape index (κ1) is 19.6. The number of aromatic nitrogens is 2. The number of halogens is 1. The maximum absolute atomic E-state index is 14.0. The van der Waals surface area contributed by atoms with Gasteiger partial charge in [-0.3, -0.25) is 4.79 Å². The largest absolute Gasteiger partial charge is 0.367 e. The van der Waals surface area contributed by atoms with Gasteiger partial charge >= 0.3 is 0 Å². The van der Waals surface area contributed by atoms with E-state index in [2.05, 4.69) is 25.1 Å². The fourth-order valence-electron chi connectivity index (χ4n) is 4.23. The van der Waals surface area contributed by atoms with Crippen LogP contribution in [0.1, 0.15) is 37.7 Å². The molecular weight excluding hydrogens is 369 g/mol. The highest BCUT2D eigenvalue weighted by atomic mass is 19.1. The van der Waals surface area contributed by atoms with E-state index in [0.29, 0.717) is 0 Å². The molecule has 29 heavy (non-hydrogen) atoms. The lowest BCUT2D eigenvalue weighted by Crippen LogP contribution is -2.40. The van der Waals surface area contributed by atoms with Gasteiger partial charge in [-0.15, -0.1) is 0 Å². The van der Waals surface area contributed by atoms with Crippen molar-refractivity contribution in [1.82, 2.24) is 9.97 Å². The van der Waals surface area contributed by atoms with Crippen LogP contribution in [0.25, 0.3) is 0 Å². The quantitative estimate of drug-likeness (QED) is 0.851. The smallest absolute Gasteiger partial charge is 0.227 e.